The van der Waals surface area contributed by atoms with Crippen LogP contribution in [-0.4, -0.2) is 10.8 Å². The van der Waals surface area contributed by atoms with Crippen LogP contribution in [0.4, 0.5) is 0 Å². The summed E-state index contributed by atoms with van der Waals surface area (Å²) in [5, 5.41) is 1.92. The first-order valence-electron chi connectivity index (χ1n) is 6.31. The lowest BCUT2D eigenvalue weighted by Crippen LogP contribution is -3.00. The summed E-state index contributed by atoms with van der Waals surface area (Å²) in [6.07, 6.45) is 3.67. The smallest absolute Gasteiger partial charge is 0.237 e. The molecule has 0 amide bonds. The van der Waals surface area contributed by atoms with E-state index in [1.807, 2.05) is 64.7 Å². The summed E-state index contributed by atoms with van der Waals surface area (Å²) >= 11 is 1.47. The van der Waals surface area contributed by atoms with Crippen LogP contribution in [0.3, 0.4) is 0 Å². The van der Waals surface area contributed by atoms with Crippen LogP contribution in [0.25, 0.3) is 11.4 Å². The Morgan fingerprint density at radius 3 is 2.67 bits per heavy atom. The molecular weight excluding hydrogens is 348 g/mol. The first-order valence-corrected chi connectivity index (χ1v) is 7.19. The van der Waals surface area contributed by atoms with Gasteiger partial charge in [-0.05, 0) is 29.6 Å². The normalized spacial score (nSPS) is 9.90. The Hall–Kier alpha value is -1.85. The van der Waals surface area contributed by atoms with Crippen molar-refractivity contribution in [2.45, 2.75) is 6.54 Å². The number of carbonyl (C=O) groups excluding carboxylic acids is 1. The minimum absolute atomic E-state index is 0. The van der Waals surface area contributed by atoms with Crippen LogP contribution in [0, 0.1) is 0 Å². The van der Waals surface area contributed by atoms with E-state index in [4.69, 9.17) is 0 Å². The van der Waals surface area contributed by atoms with Crippen molar-refractivity contribution >= 4 is 17.1 Å². The monoisotopic (exact) mass is 360 g/mol. The molecule has 3 aromatic rings. The summed E-state index contributed by atoms with van der Waals surface area (Å²) in [7, 11) is 0. The Balaban J connectivity index is 0.00000161. The first kappa shape index (κ1) is 15.5. The van der Waals surface area contributed by atoms with Gasteiger partial charge in [-0.15, -0.1) is 11.3 Å². The van der Waals surface area contributed by atoms with Crippen molar-refractivity contribution in [3.63, 3.8) is 0 Å². The lowest BCUT2D eigenvalue weighted by atomic mass is 10.2. The number of nitrogens with zero attached hydrogens (tertiary/aromatic N) is 2. The molecule has 3 aromatic heterocycles. The number of thiophene rings is 1. The second-order valence-corrected chi connectivity index (χ2v) is 5.28. The molecule has 0 unspecified atom stereocenters. The number of aromatic nitrogens is 2. The fourth-order valence-corrected chi connectivity index (χ4v) is 2.69. The van der Waals surface area contributed by atoms with Crippen molar-refractivity contribution in [1.29, 1.82) is 0 Å². The molecule has 0 atom stereocenters. The predicted molar refractivity (Wildman–Crippen MR) is 78.5 cm³/mol. The quantitative estimate of drug-likeness (QED) is 0.484. The third kappa shape index (κ3) is 3.62. The molecule has 21 heavy (non-hydrogen) atoms. The van der Waals surface area contributed by atoms with Crippen molar-refractivity contribution in [2.75, 3.05) is 0 Å². The van der Waals surface area contributed by atoms with E-state index in [9.17, 15) is 4.79 Å². The van der Waals surface area contributed by atoms with Crippen molar-refractivity contribution in [3.05, 3.63) is 71.2 Å². The molecule has 0 fully saturated rings. The van der Waals surface area contributed by atoms with Crippen LogP contribution in [-0.2, 0) is 6.54 Å². The fourth-order valence-electron chi connectivity index (χ4n) is 2.03. The maximum atomic E-state index is 12.2. The number of carbonyl (C=O) groups is 1. The van der Waals surface area contributed by atoms with E-state index in [1.54, 1.807) is 6.20 Å². The zero-order chi connectivity index (χ0) is 13.8. The van der Waals surface area contributed by atoms with Gasteiger partial charge >= 0.3 is 0 Å². The number of halogens is 1. The van der Waals surface area contributed by atoms with E-state index < -0.39 is 0 Å². The maximum absolute atomic E-state index is 12.2. The van der Waals surface area contributed by atoms with E-state index in [0.29, 0.717) is 6.54 Å². The molecule has 0 aliphatic carbocycles. The highest BCUT2D eigenvalue weighted by Crippen LogP contribution is 2.13. The van der Waals surface area contributed by atoms with E-state index in [0.717, 1.165) is 16.3 Å². The topological polar surface area (TPSA) is 33.8 Å². The van der Waals surface area contributed by atoms with Crippen LogP contribution >= 0.6 is 11.3 Å². The number of ketones is 1. The van der Waals surface area contributed by atoms with Gasteiger partial charge in [-0.25, -0.2) is 4.98 Å². The van der Waals surface area contributed by atoms with Gasteiger partial charge in [-0.1, -0.05) is 12.1 Å². The molecule has 0 N–H and O–H groups in total. The second kappa shape index (κ2) is 7.24. The van der Waals surface area contributed by atoms with Gasteiger partial charge in [0, 0.05) is 18.3 Å². The predicted octanol–water partition coefficient (Wildman–Crippen LogP) is -0.0155. The molecular formula is C16H13BrN2OS. The average Bonchev–Trinajstić information content (AvgIpc) is 3.03. The second-order valence-electron chi connectivity index (χ2n) is 4.33. The van der Waals surface area contributed by atoms with Gasteiger partial charge in [0.2, 0.25) is 18.0 Å². The summed E-state index contributed by atoms with van der Waals surface area (Å²) < 4.78 is 1.93. The number of Topliss-reactive ketones (excluding diaryl/α,β-unsaturated/α-hetero) is 1. The van der Waals surface area contributed by atoms with Crippen molar-refractivity contribution < 1.29 is 26.3 Å². The van der Waals surface area contributed by atoms with Gasteiger partial charge in [0.05, 0.1) is 4.88 Å². The van der Waals surface area contributed by atoms with Crippen LogP contribution in [0.1, 0.15) is 9.67 Å². The molecule has 106 valence electrons. The molecule has 0 aliphatic heterocycles. The Kier molecular flexibility index (Phi) is 5.36. The Bertz CT molecular complexity index is 714. The van der Waals surface area contributed by atoms with E-state index >= 15 is 0 Å². The molecule has 3 nitrogen and oxygen atoms in total. The fraction of sp³-hybridized carbons (Fsp3) is 0.0625. The van der Waals surface area contributed by atoms with Gasteiger partial charge in [-0.3, -0.25) is 4.79 Å². The van der Waals surface area contributed by atoms with Gasteiger partial charge < -0.3 is 17.0 Å². The lowest BCUT2D eigenvalue weighted by Gasteiger charge is -2.02. The first-order chi connectivity index (χ1) is 9.84. The highest BCUT2D eigenvalue weighted by atomic mass is 79.9. The van der Waals surface area contributed by atoms with Crippen molar-refractivity contribution in [1.82, 2.24) is 4.98 Å². The van der Waals surface area contributed by atoms with E-state index in [-0.39, 0.29) is 22.8 Å². The van der Waals surface area contributed by atoms with Crippen LogP contribution < -0.4 is 21.5 Å². The average molecular weight is 361 g/mol. The maximum Gasteiger partial charge on any atom is 0.237 e. The third-order valence-corrected chi connectivity index (χ3v) is 3.89. The molecule has 0 radical (unpaired) electrons. The van der Waals surface area contributed by atoms with Gasteiger partial charge in [0.1, 0.15) is 5.69 Å². The number of rotatable bonds is 4. The molecule has 0 saturated carbocycles. The third-order valence-electron chi connectivity index (χ3n) is 2.98. The van der Waals surface area contributed by atoms with Crippen LogP contribution in [0.2, 0.25) is 0 Å². The SMILES string of the molecule is O=C(C[n+]1ccccc1-c1ccccn1)c1cccs1.[Br-]. The molecule has 0 aliphatic rings. The summed E-state index contributed by atoms with van der Waals surface area (Å²) in [5.41, 5.74) is 1.81. The van der Waals surface area contributed by atoms with Crippen molar-refractivity contribution in [2.24, 2.45) is 0 Å². The molecule has 0 spiro atoms. The lowest BCUT2D eigenvalue weighted by molar-refractivity contribution is -0.672. The molecule has 3 heterocycles. The minimum atomic E-state index is 0. The van der Waals surface area contributed by atoms with Gasteiger partial charge in [0.25, 0.3) is 0 Å². The summed E-state index contributed by atoms with van der Waals surface area (Å²) in [6, 6.07) is 15.4. The highest BCUT2D eigenvalue weighted by Gasteiger charge is 2.18. The van der Waals surface area contributed by atoms with Gasteiger partial charge in [0.15, 0.2) is 6.20 Å². The number of pyridine rings is 2. The zero-order valence-corrected chi connectivity index (χ0v) is 13.5. The Labute approximate surface area is 137 Å². The summed E-state index contributed by atoms with van der Waals surface area (Å²) in [6.45, 7) is 0.327. The van der Waals surface area contributed by atoms with Crippen molar-refractivity contribution in [3.8, 4) is 11.4 Å². The number of hydrogen-bond acceptors (Lipinski definition) is 3. The number of hydrogen-bond donors (Lipinski definition) is 0. The van der Waals surface area contributed by atoms with Gasteiger partial charge in [-0.2, -0.15) is 4.57 Å². The molecule has 5 heteroatoms. The molecule has 0 saturated heterocycles. The Morgan fingerprint density at radius 2 is 1.95 bits per heavy atom. The highest BCUT2D eigenvalue weighted by molar-refractivity contribution is 7.12. The summed E-state index contributed by atoms with van der Waals surface area (Å²) in [4.78, 5) is 17.4. The minimum Gasteiger partial charge on any atom is -1.00 e. The molecule has 3 rings (SSSR count). The summed E-state index contributed by atoms with van der Waals surface area (Å²) in [5.74, 6) is 0.119. The molecule has 0 aromatic carbocycles. The van der Waals surface area contributed by atoms with Crippen LogP contribution in [0.5, 0.6) is 0 Å². The Morgan fingerprint density at radius 1 is 1.10 bits per heavy atom. The van der Waals surface area contributed by atoms with E-state index in [2.05, 4.69) is 4.98 Å². The zero-order valence-electron chi connectivity index (χ0n) is 11.1. The standard InChI is InChI=1S/C16H13N2OS.BrH/c19-15(16-8-5-11-20-16)12-18-10-4-2-7-14(18)13-6-1-3-9-17-13;/h1-11H,12H2;1H/q+1;/p-1. The molecule has 0 bridgehead atoms. The largest absolute Gasteiger partial charge is 1.00 e. The van der Waals surface area contributed by atoms with E-state index in [1.165, 1.54) is 11.3 Å². The van der Waals surface area contributed by atoms with Crippen LogP contribution in [0.15, 0.2) is 66.3 Å².